The number of alkyl halides is 3. The van der Waals surface area contributed by atoms with Crippen molar-refractivity contribution in [2.45, 2.75) is 50.8 Å². The highest BCUT2D eigenvalue weighted by Gasteiger charge is 2.28. The molecule has 0 spiro atoms. The van der Waals surface area contributed by atoms with Gasteiger partial charge >= 0.3 is 12.1 Å². The summed E-state index contributed by atoms with van der Waals surface area (Å²) in [6, 6.07) is 9.54. The molecule has 0 unspecified atom stereocenters. The number of hydrogen-bond donors (Lipinski definition) is 1. The molecule has 6 nitrogen and oxygen atoms in total. The van der Waals surface area contributed by atoms with Crippen LogP contribution in [-0.2, 0) is 21.7 Å². The van der Waals surface area contributed by atoms with Gasteiger partial charge in [-0.25, -0.2) is 0 Å². The van der Waals surface area contributed by atoms with Crippen LogP contribution in [0.1, 0.15) is 49.2 Å². The van der Waals surface area contributed by atoms with Crippen LogP contribution in [0.25, 0.3) is 0 Å². The van der Waals surface area contributed by atoms with E-state index < -0.39 is 18.6 Å². The highest BCUT2D eigenvalue weighted by atomic mass is 32.2. The maximum atomic E-state index is 12.5. The fourth-order valence-corrected chi connectivity index (χ4v) is 3.73. The van der Waals surface area contributed by atoms with Crippen LogP contribution < -0.4 is 14.8 Å². The Morgan fingerprint density at radius 1 is 1.00 bits per heavy atom. The topological polar surface area (TPSA) is 73.9 Å². The first-order chi connectivity index (χ1) is 16.3. The van der Waals surface area contributed by atoms with Crippen LogP contribution in [0.15, 0.2) is 36.4 Å². The number of methoxy groups -OCH3 is 1. The van der Waals surface area contributed by atoms with Gasteiger partial charge in [-0.05, 0) is 42.8 Å². The Balaban J connectivity index is 2.37. The highest BCUT2D eigenvalue weighted by molar-refractivity contribution is 7.99. The predicted octanol–water partition coefficient (Wildman–Crippen LogP) is 5.92. The number of benzene rings is 2. The molecule has 2 aromatic rings. The lowest BCUT2D eigenvalue weighted by Crippen LogP contribution is -2.33. The molecular formula is C25H30F3NO5S. The third-order valence-electron chi connectivity index (χ3n) is 4.53. The van der Waals surface area contributed by atoms with Crippen molar-refractivity contribution in [2.75, 3.05) is 20.3 Å². The van der Waals surface area contributed by atoms with Crippen LogP contribution in [0.2, 0.25) is 0 Å². The molecular weight excluding hydrogens is 483 g/mol. The van der Waals surface area contributed by atoms with Crippen molar-refractivity contribution in [3.63, 3.8) is 0 Å². The van der Waals surface area contributed by atoms with Gasteiger partial charge in [0.15, 0.2) is 11.5 Å². The second-order valence-corrected chi connectivity index (χ2v) is 10.4. The van der Waals surface area contributed by atoms with E-state index in [-0.39, 0.29) is 29.3 Å². The number of ether oxygens (including phenoxy) is 3. The maximum Gasteiger partial charge on any atom is 0.405 e. The van der Waals surface area contributed by atoms with Gasteiger partial charge in [0, 0.05) is 21.6 Å². The summed E-state index contributed by atoms with van der Waals surface area (Å²) in [4.78, 5) is 24.2. The van der Waals surface area contributed by atoms with Crippen molar-refractivity contribution in [3.05, 3.63) is 53.1 Å². The molecule has 2 rings (SSSR count). The minimum Gasteiger partial charge on any atom is -0.493 e. The van der Waals surface area contributed by atoms with Crippen LogP contribution in [0.5, 0.6) is 17.2 Å². The minimum atomic E-state index is -4.51. The number of carbonyl (C=O) groups excluding carboxylic acids is 2. The average molecular weight is 514 g/mol. The molecule has 2 aromatic carbocycles. The summed E-state index contributed by atoms with van der Waals surface area (Å²) in [6.07, 6.45) is -4.45. The first-order valence-electron chi connectivity index (χ1n) is 10.9. The summed E-state index contributed by atoms with van der Waals surface area (Å²) in [5.74, 6) is 0.444. The molecule has 35 heavy (non-hydrogen) atoms. The predicted molar refractivity (Wildman–Crippen MR) is 129 cm³/mol. The molecule has 1 amide bonds. The molecule has 0 heterocycles. The number of nitrogens with one attached hydrogen (secondary N) is 1. The molecule has 0 radical (unpaired) electrons. The van der Waals surface area contributed by atoms with Gasteiger partial charge in [-0.3, -0.25) is 9.59 Å². The van der Waals surface area contributed by atoms with Crippen LogP contribution in [-0.4, -0.2) is 43.1 Å². The average Bonchev–Trinajstić information content (AvgIpc) is 2.76. The molecule has 0 aliphatic carbocycles. The van der Waals surface area contributed by atoms with Crippen LogP contribution in [0, 0.1) is 0 Å². The summed E-state index contributed by atoms with van der Waals surface area (Å²) in [6.45, 7) is 6.67. The van der Waals surface area contributed by atoms with Crippen LogP contribution >= 0.6 is 11.8 Å². The Hall–Kier alpha value is -2.88. The molecule has 0 saturated carbocycles. The van der Waals surface area contributed by atoms with Crippen molar-refractivity contribution >= 4 is 23.6 Å². The van der Waals surface area contributed by atoms with E-state index >= 15 is 0 Å². The van der Waals surface area contributed by atoms with Crippen LogP contribution in [0.3, 0.4) is 0 Å². The quantitative estimate of drug-likeness (QED) is 0.398. The fourth-order valence-electron chi connectivity index (χ4n) is 2.92. The Labute approximate surface area is 207 Å². The first-order valence-corrected chi connectivity index (χ1v) is 11.9. The second kappa shape index (κ2) is 12.2. The lowest BCUT2D eigenvalue weighted by Gasteiger charge is -2.20. The summed E-state index contributed by atoms with van der Waals surface area (Å²) in [5.41, 5.74) is 1.38. The zero-order chi connectivity index (χ0) is 26.2. The number of esters is 1. The Morgan fingerprint density at radius 2 is 1.69 bits per heavy atom. The van der Waals surface area contributed by atoms with Crippen molar-refractivity contribution in [1.82, 2.24) is 5.32 Å². The first kappa shape index (κ1) is 28.4. The van der Waals surface area contributed by atoms with Gasteiger partial charge in [0.1, 0.15) is 12.3 Å². The molecule has 0 aromatic heterocycles. The Bertz CT molecular complexity index is 1030. The number of rotatable bonds is 10. The van der Waals surface area contributed by atoms with Gasteiger partial charge in [0.2, 0.25) is 0 Å². The zero-order valence-electron chi connectivity index (χ0n) is 20.4. The normalized spacial score (nSPS) is 11.7. The number of carbonyl (C=O) groups is 2. The smallest absolute Gasteiger partial charge is 0.405 e. The van der Waals surface area contributed by atoms with Gasteiger partial charge in [-0.15, -0.1) is 0 Å². The third kappa shape index (κ3) is 9.71. The standard InChI is InChI=1S/C25H30F3NO5S/c1-6-33-22(30)12-16-7-9-20(32-5)21(11-16)34-19-10-8-17(23(31)29-15-25(26,27)28)13-18(19)14-35-24(2,3)4/h7-11,13H,6,12,14-15H2,1-5H3,(H,29,31). The number of halogens is 3. The van der Waals surface area contributed by atoms with Crippen molar-refractivity contribution in [1.29, 1.82) is 0 Å². The summed E-state index contributed by atoms with van der Waals surface area (Å²) in [5, 5.41) is 1.89. The zero-order valence-corrected chi connectivity index (χ0v) is 21.2. The number of thioether (sulfide) groups is 1. The van der Waals surface area contributed by atoms with Gasteiger partial charge in [-0.1, -0.05) is 26.8 Å². The molecule has 10 heteroatoms. The Morgan fingerprint density at radius 3 is 2.29 bits per heavy atom. The molecule has 0 aliphatic heterocycles. The van der Waals surface area contributed by atoms with E-state index in [0.29, 0.717) is 34.1 Å². The molecule has 1 N–H and O–H groups in total. The van der Waals surface area contributed by atoms with E-state index in [0.717, 1.165) is 0 Å². The fraction of sp³-hybridized carbons (Fsp3) is 0.440. The van der Waals surface area contributed by atoms with Gasteiger partial charge < -0.3 is 19.5 Å². The Kier molecular flexibility index (Phi) is 9.88. The molecule has 0 aliphatic rings. The van der Waals surface area contributed by atoms with E-state index in [4.69, 9.17) is 14.2 Å². The molecule has 0 saturated heterocycles. The van der Waals surface area contributed by atoms with Gasteiger partial charge in [0.05, 0.1) is 20.1 Å². The van der Waals surface area contributed by atoms with E-state index in [1.807, 2.05) is 26.1 Å². The molecule has 192 valence electrons. The van der Waals surface area contributed by atoms with Gasteiger partial charge in [0.25, 0.3) is 5.91 Å². The molecule has 0 bridgehead atoms. The minimum absolute atomic E-state index is 0.0548. The van der Waals surface area contributed by atoms with E-state index in [2.05, 4.69) is 0 Å². The third-order valence-corrected chi connectivity index (χ3v) is 5.86. The van der Waals surface area contributed by atoms with E-state index in [9.17, 15) is 22.8 Å². The number of amides is 1. The lowest BCUT2D eigenvalue weighted by atomic mass is 10.1. The molecule has 0 atom stereocenters. The largest absolute Gasteiger partial charge is 0.493 e. The monoisotopic (exact) mass is 513 g/mol. The van der Waals surface area contributed by atoms with E-state index in [1.165, 1.54) is 19.2 Å². The van der Waals surface area contributed by atoms with Gasteiger partial charge in [-0.2, -0.15) is 24.9 Å². The summed E-state index contributed by atoms with van der Waals surface area (Å²) in [7, 11) is 1.48. The maximum absolute atomic E-state index is 12.5. The van der Waals surface area contributed by atoms with Crippen LogP contribution in [0.4, 0.5) is 13.2 Å². The molecule has 0 fully saturated rings. The lowest BCUT2D eigenvalue weighted by molar-refractivity contribution is -0.142. The SMILES string of the molecule is CCOC(=O)Cc1ccc(OC)c(Oc2ccc(C(=O)NCC(F)(F)F)cc2CSC(C)(C)C)c1. The van der Waals surface area contributed by atoms with Crippen molar-refractivity contribution < 1.29 is 37.0 Å². The highest BCUT2D eigenvalue weighted by Crippen LogP contribution is 2.37. The van der Waals surface area contributed by atoms with Crippen molar-refractivity contribution in [2.24, 2.45) is 0 Å². The van der Waals surface area contributed by atoms with Crippen molar-refractivity contribution in [3.8, 4) is 17.2 Å². The summed E-state index contributed by atoms with van der Waals surface area (Å²) >= 11 is 1.59. The summed E-state index contributed by atoms with van der Waals surface area (Å²) < 4.78 is 54.0. The second-order valence-electron chi connectivity index (χ2n) is 8.59. The van der Waals surface area contributed by atoms with E-state index in [1.54, 1.807) is 43.0 Å². The number of hydrogen-bond acceptors (Lipinski definition) is 6.